The van der Waals surface area contributed by atoms with Gasteiger partial charge in [-0.1, -0.05) is 36.4 Å². The second-order valence-corrected chi connectivity index (χ2v) is 7.14. The quantitative estimate of drug-likeness (QED) is 0.801. The standard InChI is InChI=1S/C22H24FN3O2/c23-20-7-6-17(14-19(20)15-24)8-9-22(10-12-25-13-11-22)26-21(27)28-16-18-4-2-1-3-5-18/h1-7,14,25H,8-13,16H2,(H,26,27). The lowest BCUT2D eigenvalue weighted by molar-refractivity contribution is 0.117. The highest BCUT2D eigenvalue weighted by atomic mass is 19.1. The molecule has 6 heteroatoms. The van der Waals surface area contributed by atoms with E-state index >= 15 is 0 Å². The second kappa shape index (κ2) is 9.34. The molecular formula is C22H24FN3O2. The van der Waals surface area contributed by atoms with E-state index in [1.54, 1.807) is 12.1 Å². The molecule has 1 aliphatic heterocycles. The molecule has 0 radical (unpaired) electrons. The lowest BCUT2D eigenvalue weighted by Gasteiger charge is -2.38. The summed E-state index contributed by atoms with van der Waals surface area (Å²) < 4.78 is 18.9. The van der Waals surface area contributed by atoms with Gasteiger partial charge in [-0.15, -0.1) is 0 Å². The van der Waals surface area contributed by atoms with Crippen LogP contribution < -0.4 is 10.6 Å². The predicted molar refractivity (Wildman–Crippen MR) is 104 cm³/mol. The van der Waals surface area contributed by atoms with E-state index in [1.165, 1.54) is 6.07 Å². The zero-order valence-corrected chi connectivity index (χ0v) is 15.7. The summed E-state index contributed by atoms with van der Waals surface area (Å²) in [5.41, 5.74) is 1.50. The molecule has 2 N–H and O–H groups in total. The molecule has 1 amide bonds. The van der Waals surface area contributed by atoms with Gasteiger partial charge in [-0.05, 0) is 62.0 Å². The number of carbonyl (C=O) groups is 1. The highest BCUT2D eigenvalue weighted by Gasteiger charge is 2.33. The van der Waals surface area contributed by atoms with Crippen LogP contribution in [-0.2, 0) is 17.8 Å². The minimum absolute atomic E-state index is 0.0482. The second-order valence-electron chi connectivity index (χ2n) is 7.14. The van der Waals surface area contributed by atoms with Gasteiger partial charge in [0, 0.05) is 5.54 Å². The molecule has 1 fully saturated rings. The largest absolute Gasteiger partial charge is 0.445 e. The summed E-state index contributed by atoms with van der Waals surface area (Å²) in [6.07, 6.45) is 2.50. The molecule has 0 spiro atoms. The van der Waals surface area contributed by atoms with Crippen LogP contribution in [0.1, 0.15) is 36.0 Å². The summed E-state index contributed by atoms with van der Waals surface area (Å²) in [6, 6.07) is 16.0. The number of hydrogen-bond acceptors (Lipinski definition) is 4. The van der Waals surface area contributed by atoms with Crippen molar-refractivity contribution in [1.82, 2.24) is 10.6 Å². The Morgan fingerprint density at radius 2 is 1.93 bits per heavy atom. The Bertz CT molecular complexity index is 843. The Kier molecular flexibility index (Phi) is 6.62. The number of hydrogen-bond donors (Lipinski definition) is 2. The van der Waals surface area contributed by atoms with E-state index < -0.39 is 11.9 Å². The summed E-state index contributed by atoms with van der Waals surface area (Å²) >= 11 is 0. The van der Waals surface area contributed by atoms with Crippen molar-refractivity contribution in [3.8, 4) is 6.07 Å². The van der Waals surface area contributed by atoms with Gasteiger partial charge in [0.2, 0.25) is 0 Å². The molecule has 146 valence electrons. The minimum Gasteiger partial charge on any atom is -0.445 e. The van der Waals surface area contributed by atoms with Gasteiger partial charge in [-0.2, -0.15) is 5.26 Å². The zero-order chi connectivity index (χ0) is 19.8. The van der Waals surface area contributed by atoms with E-state index in [4.69, 9.17) is 10.00 Å². The molecule has 5 nitrogen and oxygen atoms in total. The molecule has 3 rings (SSSR count). The maximum Gasteiger partial charge on any atom is 0.407 e. The zero-order valence-electron chi connectivity index (χ0n) is 15.7. The predicted octanol–water partition coefficient (Wildman–Crippen LogP) is 3.68. The van der Waals surface area contributed by atoms with Crippen LogP contribution in [0.2, 0.25) is 0 Å². The Hall–Kier alpha value is -2.91. The minimum atomic E-state index is -0.509. The van der Waals surface area contributed by atoms with Crippen LogP contribution in [0.15, 0.2) is 48.5 Å². The van der Waals surface area contributed by atoms with Crippen molar-refractivity contribution in [2.24, 2.45) is 0 Å². The lowest BCUT2D eigenvalue weighted by atomic mass is 9.83. The molecule has 2 aromatic carbocycles. The molecular weight excluding hydrogens is 357 g/mol. The van der Waals surface area contributed by atoms with Gasteiger partial charge in [-0.25, -0.2) is 9.18 Å². The van der Waals surface area contributed by atoms with Crippen molar-refractivity contribution in [2.75, 3.05) is 13.1 Å². The first-order valence-corrected chi connectivity index (χ1v) is 9.48. The number of alkyl carbamates (subject to hydrolysis) is 1. The number of nitriles is 1. The molecule has 0 bridgehead atoms. The fraction of sp³-hybridized carbons (Fsp3) is 0.364. The van der Waals surface area contributed by atoms with Crippen LogP contribution in [0.25, 0.3) is 0 Å². The summed E-state index contributed by atoms with van der Waals surface area (Å²) in [4.78, 5) is 12.4. The molecule has 2 aromatic rings. The molecule has 0 unspecified atom stereocenters. The van der Waals surface area contributed by atoms with E-state index in [0.717, 1.165) is 37.1 Å². The van der Waals surface area contributed by atoms with Gasteiger partial charge in [0.25, 0.3) is 0 Å². The van der Waals surface area contributed by atoms with E-state index in [-0.39, 0.29) is 17.7 Å². The summed E-state index contributed by atoms with van der Waals surface area (Å²) in [5, 5.41) is 15.4. The SMILES string of the molecule is N#Cc1cc(CCC2(NC(=O)OCc3ccccc3)CCNCC2)ccc1F. The van der Waals surface area contributed by atoms with Crippen LogP contribution >= 0.6 is 0 Å². The number of carbonyl (C=O) groups excluding carboxylic acids is 1. The van der Waals surface area contributed by atoms with Crippen molar-refractivity contribution in [3.05, 3.63) is 71.0 Å². The topological polar surface area (TPSA) is 74.2 Å². The fourth-order valence-corrected chi connectivity index (χ4v) is 3.52. The Balaban J connectivity index is 1.61. The van der Waals surface area contributed by atoms with E-state index in [2.05, 4.69) is 10.6 Å². The molecule has 0 aliphatic carbocycles. The van der Waals surface area contributed by atoms with Gasteiger partial charge < -0.3 is 15.4 Å². The van der Waals surface area contributed by atoms with Gasteiger partial charge in [0.1, 0.15) is 18.5 Å². The smallest absolute Gasteiger partial charge is 0.407 e. The number of aryl methyl sites for hydroxylation is 1. The molecule has 0 aromatic heterocycles. The number of rotatable bonds is 6. The molecule has 0 atom stereocenters. The van der Waals surface area contributed by atoms with Crippen LogP contribution in [0.5, 0.6) is 0 Å². The van der Waals surface area contributed by atoms with Crippen LogP contribution in [0, 0.1) is 17.1 Å². The molecule has 0 saturated carbocycles. The summed E-state index contributed by atoms with van der Waals surface area (Å²) in [7, 11) is 0. The third kappa shape index (κ3) is 5.30. The van der Waals surface area contributed by atoms with E-state index in [1.807, 2.05) is 36.4 Å². The number of piperidine rings is 1. The summed E-state index contributed by atoms with van der Waals surface area (Å²) in [6.45, 7) is 1.85. The average molecular weight is 381 g/mol. The first-order chi connectivity index (χ1) is 13.6. The normalized spacial score (nSPS) is 15.4. The van der Waals surface area contributed by atoms with Gasteiger partial charge in [-0.3, -0.25) is 0 Å². The highest BCUT2D eigenvalue weighted by Crippen LogP contribution is 2.25. The average Bonchev–Trinajstić information content (AvgIpc) is 2.73. The van der Waals surface area contributed by atoms with Crippen molar-refractivity contribution in [2.45, 2.75) is 37.8 Å². The van der Waals surface area contributed by atoms with Crippen LogP contribution in [0.4, 0.5) is 9.18 Å². The fourth-order valence-electron chi connectivity index (χ4n) is 3.52. The molecule has 1 heterocycles. The number of benzene rings is 2. The molecule has 28 heavy (non-hydrogen) atoms. The van der Waals surface area contributed by atoms with Crippen molar-refractivity contribution in [1.29, 1.82) is 5.26 Å². The highest BCUT2D eigenvalue weighted by molar-refractivity contribution is 5.68. The van der Waals surface area contributed by atoms with Gasteiger partial charge >= 0.3 is 6.09 Å². The number of halogens is 1. The van der Waals surface area contributed by atoms with Crippen LogP contribution in [-0.4, -0.2) is 24.7 Å². The maximum atomic E-state index is 13.5. The monoisotopic (exact) mass is 381 g/mol. The van der Waals surface area contributed by atoms with Crippen molar-refractivity contribution >= 4 is 6.09 Å². The molecule has 1 saturated heterocycles. The molecule has 1 aliphatic rings. The van der Waals surface area contributed by atoms with Crippen molar-refractivity contribution in [3.63, 3.8) is 0 Å². The maximum absolute atomic E-state index is 13.5. The first-order valence-electron chi connectivity index (χ1n) is 9.48. The number of nitrogens with one attached hydrogen (secondary N) is 2. The Morgan fingerprint density at radius 1 is 1.18 bits per heavy atom. The van der Waals surface area contributed by atoms with Gasteiger partial charge in [0.15, 0.2) is 0 Å². The van der Waals surface area contributed by atoms with E-state index in [9.17, 15) is 9.18 Å². The number of ether oxygens (including phenoxy) is 1. The van der Waals surface area contributed by atoms with Crippen LogP contribution in [0.3, 0.4) is 0 Å². The van der Waals surface area contributed by atoms with Gasteiger partial charge in [0.05, 0.1) is 5.56 Å². The third-order valence-electron chi connectivity index (χ3n) is 5.18. The van der Waals surface area contributed by atoms with E-state index in [0.29, 0.717) is 12.8 Å². The Labute approximate surface area is 164 Å². The Morgan fingerprint density at radius 3 is 2.64 bits per heavy atom. The lowest BCUT2D eigenvalue weighted by Crippen LogP contribution is -2.54. The number of amides is 1. The summed E-state index contributed by atoms with van der Waals surface area (Å²) in [5.74, 6) is -0.509. The first kappa shape index (κ1) is 19.8. The number of nitrogens with zero attached hydrogens (tertiary/aromatic N) is 1. The van der Waals surface area contributed by atoms with Crippen molar-refractivity contribution < 1.29 is 13.9 Å². The third-order valence-corrected chi connectivity index (χ3v) is 5.18.